The lowest BCUT2D eigenvalue weighted by Gasteiger charge is -2.53. The lowest BCUT2D eigenvalue weighted by molar-refractivity contribution is -0.187. The van der Waals surface area contributed by atoms with E-state index in [4.69, 9.17) is 26.2 Å². The molecule has 2 fully saturated rings. The Kier molecular flexibility index (Phi) is 5.12. The van der Waals surface area contributed by atoms with E-state index in [1.165, 1.54) is 0 Å². The number of fused-ring (bicyclic) bond motifs is 4. The highest BCUT2D eigenvalue weighted by Crippen LogP contribution is 2.53. The molecule has 0 saturated carbocycles. The van der Waals surface area contributed by atoms with Crippen molar-refractivity contribution in [3.8, 4) is 5.75 Å². The van der Waals surface area contributed by atoms with Gasteiger partial charge in [0.15, 0.2) is 0 Å². The van der Waals surface area contributed by atoms with Crippen molar-refractivity contribution in [2.75, 3.05) is 19.6 Å². The third-order valence-corrected chi connectivity index (χ3v) is 6.64. The maximum atomic E-state index is 10.8. The molecule has 0 radical (unpaired) electrons. The van der Waals surface area contributed by atoms with Gasteiger partial charge in [0.05, 0.1) is 12.2 Å². The van der Waals surface area contributed by atoms with E-state index in [1.54, 1.807) is 0 Å². The lowest BCUT2D eigenvalue weighted by Crippen LogP contribution is -2.55. The molecule has 3 aliphatic rings. The highest BCUT2D eigenvalue weighted by molar-refractivity contribution is 6.30. The fraction of sp³-hybridized carbons (Fsp3) is 0.667. The number of carboxylic acids is 1. The first-order valence-corrected chi connectivity index (χ1v) is 10.3. The van der Waals surface area contributed by atoms with E-state index in [-0.39, 0.29) is 30.1 Å². The minimum absolute atomic E-state index is 0.0299. The van der Waals surface area contributed by atoms with Gasteiger partial charge in [0, 0.05) is 36.0 Å². The molecule has 148 valence electrons. The van der Waals surface area contributed by atoms with E-state index in [2.05, 4.69) is 18.7 Å². The maximum Gasteiger partial charge on any atom is 0.303 e. The number of halogens is 1. The van der Waals surface area contributed by atoms with Crippen molar-refractivity contribution in [3.63, 3.8) is 0 Å². The van der Waals surface area contributed by atoms with Crippen LogP contribution in [0.3, 0.4) is 0 Å². The fourth-order valence-electron chi connectivity index (χ4n) is 5.01. The van der Waals surface area contributed by atoms with Gasteiger partial charge in [-0.1, -0.05) is 11.6 Å². The van der Waals surface area contributed by atoms with E-state index in [9.17, 15) is 4.79 Å². The Labute approximate surface area is 165 Å². The average molecular weight is 394 g/mol. The monoisotopic (exact) mass is 393 g/mol. The molecule has 1 aromatic rings. The lowest BCUT2D eigenvalue weighted by atomic mass is 9.70. The molecule has 5 nitrogen and oxygen atoms in total. The van der Waals surface area contributed by atoms with Gasteiger partial charge in [0.2, 0.25) is 0 Å². The van der Waals surface area contributed by atoms with E-state index in [0.717, 1.165) is 48.8 Å². The van der Waals surface area contributed by atoms with Gasteiger partial charge in [-0.05, 0) is 63.8 Å². The topological polar surface area (TPSA) is 59.0 Å². The van der Waals surface area contributed by atoms with Gasteiger partial charge >= 0.3 is 5.97 Å². The first-order chi connectivity index (χ1) is 12.8. The van der Waals surface area contributed by atoms with Crippen LogP contribution in [0.2, 0.25) is 5.02 Å². The molecule has 27 heavy (non-hydrogen) atoms. The number of piperidine rings is 1. The summed E-state index contributed by atoms with van der Waals surface area (Å²) in [7, 11) is 0. The van der Waals surface area contributed by atoms with Crippen LogP contribution in [0.1, 0.15) is 51.2 Å². The Balaban J connectivity index is 1.49. The number of rotatable bonds is 4. The molecule has 0 unspecified atom stereocenters. The van der Waals surface area contributed by atoms with Crippen LogP contribution < -0.4 is 4.74 Å². The van der Waals surface area contributed by atoms with Gasteiger partial charge in [-0.2, -0.15) is 0 Å². The van der Waals surface area contributed by atoms with Crippen LogP contribution in [-0.4, -0.2) is 47.3 Å². The van der Waals surface area contributed by atoms with Crippen molar-refractivity contribution in [2.24, 2.45) is 11.8 Å². The van der Waals surface area contributed by atoms with Crippen LogP contribution in [0.4, 0.5) is 0 Å². The minimum atomic E-state index is -0.716. The third-order valence-electron chi connectivity index (χ3n) is 6.40. The van der Waals surface area contributed by atoms with Gasteiger partial charge in [0.1, 0.15) is 11.4 Å². The summed E-state index contributed by atoms with van der Waals surface area (Å²) in [6, 6.07) is 5.82. The Morgan fingerprint density at radius 1 is 1.41 bits per heavy atom. The second-order valence-electron chi connectivity index (χ2n) is 8.67. The second-order valence-corrected chi connectivity index (χ2v) is 9.11. The molecule has 1 aromatic carbocycles. The number of carbonyl (C=O) groups is 1. The number of likely N-dealkylation sites (tertiary alicyclic amines) is 1. The molecular formula is C21H28ClNO4. The van der Waals surface area contributed by atoms with Gasteiger partial charge in [-0.3, -0.25) is 4.79 Å². The summed E-state index contributed by atoms with van der Waals surface area (Å²) >= 11 is 6.25. The molecule has 4 rings (SSSR count). The number of carboxylic acid groups (broad SMARTS) is 1. The number of hydrogen-bond acceptors (Lipinski definition) is 4. The van der Waals surface area contributed by atoms with Crippen LogP contribution in [-0.2, 0) is 9.53 Å². The van der Waals surface area contributed by atoms with E-state index in [1.807, 2.05) is 18.2 Å². The van der Waals surface area contributed by atoms with Gasteiger partial charge in [-0.25, -0.2) is 0 Å². The van der Waals surface area contributed by atoms with Gasteiger partial charge < -0.3 is 19.5 Å². The van der Waals surface area contributed by atoms with Crippen LogP contribution in [0.25, 0.3) is 0 Å². The fourth-order valence-corrected chi connectivity index (χ4v) is 5.19. The first kappa shape index (κ1) is 19.0. The number of hydrogen-bond donors (Lipinski definition) is 1. The largest absolute Gasteiger partial charge is 0.487 e. The predicted molar refractivity (Wildman–Crippen MR) is 103 cm³/mol. The predicted octanol–water partition coefficient (Wildman–Crippen LogP) is 4.14. The average Bonchev–Trinajstić information content (AvgIpc) is 2.61. The third kappa shape index (κ3) is 3.82. The molecule has 3 aliphatic heterocycles. The molecule has 0 bridgehead atoms. The number of benzene rings is 1. The Morgan fingerprint density at radius 2 is 2.22 bits per heavy atom. The zero-order chi connectivity index (χ0) is 19.2. The molecule has 0 aliphatic carbocycles. The number of nitrogens with zero attached hydrogens (tertiary/aromatic N) is 1. The van der Waals surface area contributed by atoms with Crippen molar-refractivity contribution in [3.05, 3.63) is 28.8 Å². The summed E-state index contributed by atoms with van der Waals surface area (Å²) in [5.74, 6) is 0.916. The summed E-state index contributed by atoms with van der Waals surface area (Å²) in [6.07, 6.45) is 3.29. The van der Waals surface area contributed by atoms with Crippen molar-refractivity contribution in [1.29, 1.82) is 0 Å². The molecular weight excluding hydrogens is 366 g/mol. The second kappa shape index (κ2) is 7.26. The van der Waals surface area contributed by atoms with Crippen molar-refractivity contribution < 1.29 is 19.4 Å². The zero-order valence-corrected chi connectivity index (χ0v) is 16.7. The molecule has 4 atom stereocenters. The van der Waals surface area contributed by atoms with Crippen molar-refractivity contribution >= 4 is 17.6 Å². The van der Waals surface area contributed by atoms with E-state index < -0.39 is 5.97 Å². The first-order valence-electron chi connectivity index (χ1n) is 9.91. The molecule has 2 saturated heterocycles. The Morgan fingerprint density at radius 3 is 3.00 bits per heavy atom. The van der Waals surface area contributed by atoms with Crippen LogP contribution in [0.5, 0.6) is 5.75 Å². The minimum Gasteiger partial charge on any atom is -0.487 e. The molecule has 0 aromatic heterocycles. The molecule has 0 amide bonds. The summed E-state index contributed by atoms with van der Waals surface area (Å²) in [6.45, 7) is 7.10. The summed E-state index contributed by atoms with van der Waals surface area (Å²) in [5, 5.41) is 9.57. The maximum absolute atomic E-state index is 10.8. The number of ether oxygens (including phenoxy) is 2. The summed E-state index contributed by atoms with van der Waals surface area (Å²) < 4.78 is 13.0. The van der Waals surface area contributed by atoms with Crippen LogP contribution in [0, 0.1) is 11.8 Å². The molecule has 1 N–H and O–H groups in total. The standard InChI is InChI=1S/C21H28ClNO4/c1-21(2)16-10-13-12-23(8-3-4-19(24)25)9-7-17(13)26-20(16)15-11-14(22)5-6-18(15)27-21/h5-6,11,13,16-17,20H,3-4,7-10,12H2,1-2H3,(H,24,25)/t13-,16-,17-,20+/m0/s1. The van der Waals surface area contributed by atoms with Crippen molar-refractivity contribution in [2.45, 2.75) is 57.3 Å². The quantitative estimate of drug-likeness (QED) is 0.832. The van der Waals surface area contributed by atoms with E-state index >= 15 is 0 Å². The smallest absolute Gasteiger partial charge is 0.303 e. The number of aliphatic carboxylic acids is 1. The Bertz CT molecular complexity index is 722. The molecule has 6 heteroatoms. The van der Waals surface area contributed by atoms with E-state index in [0.29, 0.717) is 12.3 Å². The Hall–Kier alpha value is -1.30. The van der Waals surface area contributed by atoms with Crippen LogP contribution in [0.15, 0.2) is 18.2 Å². The normalized spacial score (nSPS) is 32.0. The highest BCUT2D eigenvalue weighted by atomic mass is 35.5. The highest BCUT2D eigenvalue weighted by Gasteiger charge is 2.51. The van der Waals surface area contributed by atoms with Crippen molar-refractivity contribution in [1.82, 2.24) is 4.90 Å². The SMILES string of the molecule is CC1(C)Oc2ccc(Cl)cc2[C@H]2O[C@H]3CCN(CCCC(=O)O)C[C@@H]3C[C@@H]21. The van der Waals surface area contributed by atoms with Gasteiger partial charge in [0.25, 0.3) is 0 Å². The zero-order valence-electron chi connectivity index (χ0n) is 16.0. The molecule has 3 heterocycles. The van der Waals surface area contributed by atoms with Gasteiger partial charge in [-0.15, -0.1) is 0 Å². The summed E-state index contributed by atoms with van der Waals surface area (Å²) in [4.78, 5) is 13.2. The van der Waals surface area contributed by atoms with Crippen LogP contribution >= 0.6 is 11.6 Å². The summed E-state index contributed by atoms with van der Waals surface area (Å²) in [5.41, 5.74) is 0.788. The molecule has 0 spiro atoms.